The Bertz CT molecular complexity index is 1130. The summed E-state index contributed by atoms with van der Waals surface area (Å²) in [6.07, 6.45) is 7.85. The zero-order valence-electron chi connectivity index (χ0n) is 20.6. The molecule has 5 rings (SSSR count). The Morgan fingerprint density at radius 1 is 1.06 bits per heavy atom. The van der Waals surface area contributed by atoms with Crippen molar-refractivity contribution in [1.29, 1.82) is 0 Å². The maximum atomic E-state index is 13.8. The third-order valence-electron chi connectivity index (χ3n) is 8.21. The number of rotatable bonds is 4. The number of aromatic nitrogens is 1. The molecule has 1 aliphatic heterocycles. The summed E-state index contributed by atoms with van der Waals surface area (Å²) in [6.45, 7) is 1.47. The normalized spacial score (nSPS) is 23.3. The topological polar surface area (TPSA) is 51.4 Å². The van der Waals surface area contributed by atoms with E-state index in [9.17, 15) is 9.18 Å². The van der Waals surface area contributed by atoms with Gasteiger partial charge in [0.05, 0.1) is 0 Å². The van der Waals surface area contributed by atoms with Crippen LogP contribution in [0.25, 0.3) is 10.9 Å². The Morgan fingerprint density at radius 2 is 1.74 bits per heavy atom. The first-order chi connectivity index (χ1) is 16.5. The van der Waals surface area contributed by atoms with E-state index in [-0.39, 0.29) is 35.8 Å². The van der Waals surface area contributed by atoms with Crippen LogP contribution in [0.15, 0.2) is 54.7 Å². The third kappa shape index (κ3) is 5.05. The van der Waals surface area contributed by atoms with E-state index in [0.29, 0.717) is 5.92 Å². The molecule has 2 amide bonds. The molecule has 7 heteroatoms. The number of urea groups is 1. The largest absolute Gasteiger partial charge is 0.361 e. The molecule has 1 saturated carbocycles. The van der Waals surface area contributed by atoms with Gasteiger partial charge in [0.2, 0.25) is 0 Å². The highest BCUT2D eigenvalue weighted by Gasteiger charge is 2.39. The minimum Gasteiger partial charge on any atom is -0.361 e. The molecule has 0 atom stereocenters. The number of nitrogens with zero attached hydrogens (tertiary/aromatic N) is 2. The summed E-state index contributed by atoms with van der Waals surface area (Å²) in [5, 5.41) is 4.28. The van der Waals surface area contributed by atoms with Crippen molar-refractivity contribution in [3.8, 4) is 0 Å². The van der Waals surface area contributed by atoms with E-state index in [1.54, 1.807) is 12.1 Å². The van der Waals surface area contributed by atoms with Crippen LogP contribution in [0.3, 0.4) is 0 Å². The maximum absolute atomic E-state index is 13.8. The molecule has 1 saturated heterocycles. The molecule has 2 heterocycles. The fourth-order valence-electron chi connectivity index (χ4n) is 6.09. The van der Waals surface area contributed by atoms with Gasteiger partial charge in [-0.05, 0) is 87.9 Å². The monoisotopic (exact) mass is 498 g/mol. The SMILES string of the molecule is CN(C)C1(c2ccccc2)CCC(NC(=O)N2CCC(c3c[nH]c4ccc(F)cc34)CC2)CC1.Cl. The van der Waals surface area contributed by atoms with Gasteiger partial charge in [-0.1, -0.05) is 30.3 Å². The van der Waals surface area contributed by atoms with Crippen molar-refractivity contribution in [1.82, 2.24) is 20.1 Å². The van der Waals surface area contributed by atoms with Crippen LogP contribution in [0.2, 0.25) is 0 Å². The minimum absolute atomic E-state index is 0. The van der Waals surface area contributed by atoms with Gasteiger partial charge < -0.3 is 15.2 Å². The zero-order chi connectivity index (χ0) is 23.7. The highest BCUT2D eigenvalue weighted by molar-refractivity contribution is 5.85. The molecule has 2 N–H and O–H groups in total. The van der Waals surface area contributed by atoms with Crippen molar-refractivity contribution in [3.63, 3.8) is 0 Å². The summed E-state index contributed by atoms with van der Waals surface area (Å²) >= 11 is 0. The lowest BCUT2D eigenvalue weighted by atomic mass is 9.74. The van der Waals surface area contributed by atoms with Gasteiger partial charge in [0.15, 0.2) is 0 Å². The first kappa shape index (κ1) is 25.5. The third-order valence-corrected chi connectivity index (χ3v) is 8.21. The van der Waals surface area contributed by atoms with Gasteiger partial charge in [-0.15, -0.1) is 12.4 Å². The van der Waals surface area contributed by atoms with Crippen molar-refractivity contribution in [2.45, 2.75) is 56.0 Å². The van der Waals surface area contributed by atoms with E-state index in [4.69, 9.17) is 0 Å². The molecule has 1 aromatic heterocycles. The van der Waals surface area contributed by atoms with E-state index in [1.807, 2.05) is 11.1 Å². The number of halogens is 2. The van der Waals surface area contributed by atoms with Crippen LogP contribution >= 0.6 is 12.4 Å². The van der Waals surface area contributed by atoms with E-state index < -0.39 is 0 Å². The van der Waals surface area contributed by atoms with Crippen LogP contribution in [-0.2, 0) is 5.54 Å². The lowest BCUT2D eigenvalue weighted by molar-refractivity contribution is 0.0849. The molecule has 0 radical (unpaired) electrons. The van der Waals surface area contributed by atoms with Gasteiger partial charge in [0, 0.05) is 41.8 Å². The predicted octanol–water partition coefficient (Wildman–Crippen LogP) is 6.02. The second-order valence-corrected chi connectivity index (χ2v) is 10.2. The quantitative estimate of drug-likeness (QED) is 0.462. The fraction of sp³-hybridized carbons (Fsp3) is 0.464. The van der Waals surface area contributed by atoms with Crippen molar-refractivity contribution in [3.05, 3.63) is 71.7 Å². The van der Waals surface area contributed by atoms with E-state index in [1.165, 1.54) is 17.2 Å². The molecule has 3 aromatic rings. The Morgan fingerprint density at radius 3 is 2.40 bits per heavy atom. The summed E-state index contributed by atoms with van der Waals surface area (Å²) in [6, 6.07) is 15.9. The summed E-state index contributed by atoms with van der Waals surface area (Å²) in [5.74, 6) is 0.143. The highest BCUT2D eigenvalue weighted by Crippen LogP contribution is 2.41. The van der Waals surface area contributed by atoms with Gasteiger partial charge >= 0.3 is 6.03 Å². The standard InChI is InChI=1S/C28H35FN4O.ClH/c1-32(2)28(21-6-4-3-5-7-21)14-10-23(11-15-28)31-27(34)33-16-12-20(13-17-33)25-19-30-26-9-8-22(29)18-24(25)26;/h3-9,18-20,23,30H,10-17H2,1-2H3,(H,31,34);1H. The van der Waals surface area contributed by atoms with Gasteiger partial charge in [-0.25, -0.2) is 9.18 Å². The molecular weight excluding hydrogens is 463 g/mol. The van der Waals surface area contributed by atoms with E-state index in [2.05, 4.69) is 59.6 Å². The Kier molecular flexibility index (Phi) is 7.72. The molecule has 2 aliphatic rings. The van der Waals surface area contributed by atoms with Gasteiger partial charge in [0.1, 0.15) is 5.82 Å². The molecule has 0 unspecified atom stereocenters. The molecule has 2 aromatic carbocycles. The van der Waals surface area contributed by atoms with Crippen molar-refractivity contribution in [2.75, 3.05) is 27.2 Å². The van der Waals surface area contributed by atoms with Crippen molar-refractivity contribution in [2.24, 2.45) is 0 Å². The molecule has 2 fully saturated rings. The van der Waals surface area contributed by atoms with E-state index >= 15 is 0 Å². The Hall–Kier alpha value is -2.57. The minimum atomic E-state index is -0.205. The zero-order valence-corrected chi connectivity index (χ0v) is 21.4. The number of piperidine rings is 1. The molecule has 0 spiro atoms. The molecule has 35 heavy (non-hydrogen) atoms. The second-order valence-electron chi connectivity index (χ2n) is 10.2. The molecular formula is C28H36ClFN4O. The molecule has 188 valence electrons. The number of likely N-dealkylation sites (tertiary alicyclic amines) is 1. The van der Waals surface area contributed by atoms with Crippen molar-refractivity contribution >= 4 is 29.3 Å². The number of carbonyl (C=O) groups is 1. The van der Waals surface area contributed by atoms with Crippen LogP contribution in [0.4, 0.5) is 9.18 Å². The van der Waals surface area contributed by atoms with Gasteiger partial charge in [-0.3, -0.25) is 4.90 Å². The summed E-state index contributed by atoms with van der Waals surface area (Å²) in [4.78, 5) is 20.6. The fourth-order valence-corrected chi connectivity index (χ4v) is 6.09. The first-order valence-corrected chi connectivity index (χ1v) is 12.5. The average Bonchev–Trinajstić information content (AvgIpc) is 3.28. The number of hydrogen-bond donors (Lipinski definition) is 2. The molecule has 1 aliphatic carbocycles. The van der Waals surface area contributed by atoms with Crippen LogP contribution in [0.1, 0.15) is 55.6 Å². The van der Waals surface area contributed by atoms with Gasteiger partial charge in [0.25, 0.3) is 0 Å². The maximum Gasteiger partial charge on any atom is 0.317 e. The predicted molar refractivity (Wildman–Crippen MR) is 142 cm³/mol. The van der Waals surface area contributed by atoms with Gasteiger partial charge in [-0.2, -0.15) is 0 Å². The number of H-pyrrole nitrogens is 1. The van der Waals surface area contributed by atoms with Crippen molar-refractivity contribution < 1.29 is 9.18 Å². The number of fused-ring (bicyclic) bond motifs is 1. The van der Waals surface area contributed by atoms with Crippen LogP contribution in [0.5, 0.6) is 0 Å². The van der Waals surface area contributed by atoms with Crippen LogP contribution in [-0.4, -0.2) is 54.0 Å². The second kappa shape index (κ2) is 10.6. The number of nitrogens with one attached hydrogen (secondary N) is 2. The Labute approximate surface area is 213 Å². The number of aromatic amines is 1. The lowest BCUT2D eigenvalue weighted by Crippen LogP contribution is -2.52. The number of amides is 2. The molecule has 0 bridgehead atoms. The smallest absolute Gasteiger partial charge is 0.317 e. The highest BCUT2D eigenvalue weighted by atomic mass is 35.5. The number of carbonyl (C=O) groups excluding carboxylic acids is 1. The summed E-state index contributed by atoms with van der Waals surface area (Å²) < 4.78 is 13.8. The summed E-state index contributed by atoms with van der Waals surface area (Å²) in [7, 11) is 4.33. The number of hydrogen-bond acceptors (Lipinski definition) is 2. The molecule has 5 nitrogen and oxygen atoms in total. The first-order valence-electron chi connectivity index (χ1n) is 12.5. The lowest BCUT2D eigenvalue weighted by Gasteiger charge is -2.46. The Balaban J connectivity index is 0.00000289. The summed E-state index contributed by atoms with van der Waals surface area (Å²) in [5.41, 5.74) is 3.55. The van der Waals surface area contributed by atoms with Crippen LogP contribution in [0, 0.1) is 5.82 Å². The average molecular weight is 499 g/mol. The van der Waals surface area contributed by atoms with Crippen LogP contribution < -0.4 is 5.32 Å². The number of benzene rings is 2. The van der Waals surface area contributed by atoms with E-state index in [0.717, 1.165) is 62.5 Å².